The molecule has 0 N–H and O–H groups in total. The summed E-state index contributed by atoms with van der Waals surface area (Å²) in [6.45, 7) is 7.40. The molecule has 1 spiro atoms. The molecule has 0 aromatic rings. The van der Waals surface area contributed by atoms with E-state index in [4.69, 9.17) is 0 Å². The zero-order valence-corrected chi connectivity index (χ0v) is 9.16. The van der Waals surface area contributed by atoms with E-state index >= 15 is 0 Å². The van der Waals surface area contributed by atoms with Crippen LogP contribution in [0, 0.1) is 11.8 Å². The third kappa shape index (κ3) is 1.39. The highest BCUT2D eigenvalue weighted by molar-refractivity contribution is 8.01. The summed E-state index contributed by atoms with van der Waals surface area (Å²) < 4.78 is 0.684. The second-order valence-corrected chi connectivity index (χ2v) is 6.36. The molecule has 0 aliphatic carbocycles. The highest BCUT2D eigenvalue weighted by Gasteiger charge is 2.47. The van der Waals surface area contributed by atoms with Gasteiger partial charge in [0.05, 0.1) is 0 Å². The van der Waals surface area contributed by atoms with Crippen LogP contribution in [0.1, 0.15) is 20.3 Å². The van der Waals surface area contributed by atoms with Gasteiger partial charge < -0.3 is 4.90 Å². The molecule has 1 nitrogen and oxygen atoms in total. The van der Waals surface area contributed by atoms with Crippen molar-refractivity contribution in [2.75, 3.05) is 25.9 Å². The molecule has 0 radical (unpaired) electrons. The van der Waals surface area contributed by atoms with Crippen molar-refractivity contribution in [2.45, 2.75) is 25.0 Å². The second kappa shape index (κ2) is 2.91. The quantitative estimate of drug-likeness (QED) is 0.615. The summed E-state index contributed by atoms with van der Waals surface area (Å²) in [5.41, 5.74) is 0. The lowest BCUT2D eigenvalue weighted by atomic mass is 9.84. The highest BCUT2D eigenvalue weighted by Crippen LogP contribution is 2.48. The largest absolute Gasteiger partial charge is 0.304 e. The van der Waals surface area contributed by atoms with Gasteiger partial charge in [-0.2, -0.15) is 11.8 Å². The first-order valence-corrected chi connectivity index (χ1v) is 5.92. The molecule has 0 saturated carbocycles. The van der Waals surface area contributed by atoms with Gasteiger partial charge in [0.15, 0.2) is 0 Å². The molecule has 0 aromatic heterocycles. The van der Waals surface area contributed by atoms with E-state index in [1.165, 1.54) is 25.3 Å². The van der Waals surface area contributed by atoms with Crippen LogP contribution in [0.15, 0.2) is 0 Å². The Morgan fingerprint density at radius 3 is 2.50 bits per heavy atom. The summed E-state index contributed by atoms with van der Waals surface area (Å²) in [7, 11) is 2.23. The third-order valence-corrected chi connectivity index (χ3v) is 4.93. The first kappa shape index (κ1) is 8.89. The molecule has 2 saturated heterocycles. The minimum atomic E-state index is 0.684. The van der Waals surface area contributed by atoms with Crippen LogP contribution in [0.2, 0.25) is 0 Å². The van der Waals surface area contributed by atoms with Crippen LogP contribution in [0.3, 0.4) is 0 Å². The van der Waals surface area contributed by atoms with Gasteiger partial charge in [-0.05, 0) is 31.1 Å². The molecule has 0 aromatic carbocycles. The fourth-order valence-corrected chi connectivity index (χ4v) is 4.49. The predicted octanol–water partition coefficient (Wildman–Crippen LogP) is 2.08. The number of thioether (sulfide) groups is 1. The Morgan fingerprint density at radius 1 is 1.42 bits per heavy atom. The van der Waals surface area contributed by atoms with E-state index in [2.05, 4.69) is 37.6 Å². The van der Waals surface area contributed by atoms with Crippen molar-refractivity contribution in [1.29, 1.82) is 0 Å². The molecule has 1 atom stereocenters. The van der Waals surface area contributed by atoms with Crippen LogP contribution in [0.4, 0.5) is 0 Å². The zero-order valence-electron chi connectivity index (χ0n) is 8.34. The Labute approximate surface area is 79.9 Å². The molecule has 1 unspecified atom stereocenters. The van der Waals surface area contributed by atoms with Crippen LogP contribution < -0.4 is 0 Å². The van der Waals surface area contributed by atoms with Crippen LogP contribution in [-0.4, -0.2) is 35.5 Å². The SMILES string of the molecule is CC(C)C1CSC2(C1)CN(C)C2. The zero-order chi connectivity index (χ0) is 8.77. The smallest absolute Gasteiger partial charge is 0.0416 e. The van der Waals surface area contributed by atoms with Crippen molar-refractivity contribution in [1.82, 2.24) is 4.90 Å². The summed E-state index contributed by atoms with van der Waals surface area (Å²) in [4.78, 5) is 2.44. The van der Waals surface area contributed by atoms with Gasteiger partial charge >= 0.3 is 0 Å². The van der Waals surface area contributed by atoms with E-state index in [9.17, 15) is 0 Å². The molecule has 70 valence electrons. The molecule has 0 amide bonds. The lowest BCUT2D eigenvalue weighted by Gasteiger charge is -2.45. The Balaban J connectivity index is 1.90. The fourth-order valence-electron chi connectivity index (χ4n) is 2.47. The summed E-state index contributed by atoms with van der Waals surface area (Å²) >= 11 is 2.23. The van der Waals surface area contributed by atoms with Gasteiger partial charge in [-0.3, -0.25) is 0 Å². The first-order chi connectivity index (χ1) is 5.61. The number of rotatable bonds is 1. The second-order valence-electron chi connectivity index (χ2n) is 4.87. The van der Waals surface area contributed by atoms with Gasteiger partial charge in [0.2, 0.25) is 0 Å². The number of likely N-dealkylation sites (tertiary alicyclic amines) is 1. The maximum atomic E-state index is 2.44. The molecule has 0 bridgehead atoms. The van der Waals surface area contributed by atoms with E-state index in [0.29, 0.717) is 4.75 Å². The lowest BCUT2D eigenvalue weighted by molar-refractivity contribution is 0.145. The maximum Gasteiger partial charge on any atom is 0.0416 e. The van der Waals surface area contributed by atoms with Crippen molar-refractivity contribution in [3.8, 4) is 0 Å². The topological polar surface area (TPSA) is 3.24 Å². The Kier molecular flexibility index (Phi) is 2.16. The minimum Gasteiger partial charge on any atom is -0.304 e. The molecule has 12 heavy (non-hydrogen) atoms. The van der Waals surface area contributed by atoms with E-state index in [-0.39, 0.29) is 0 Å². The number of nitrogens with zero attached hydrogens (tertiary/aromatic N) is 1. The van der Waals surface area contributed by atoms with Crippen LogP contribution >= 0.6 is 11.8 Å². The maximum absolute atomic E-state index is 2.44. The Bertz CT molecular complexity index is 173. The van der Waals surface area contributed by atoms with Crippen molar-refractivity contribution in [2.24, 2.45) is 11.8 Å². The van der Waals surface area contributed by atoms with Crippen LogP contribution in [0.25, 0.3) is 0 Å². The normalized spacial score (nSPS) is 34.5. The van der Waals surface area contributed by atoms with Gasteiger partial charge in [-0.1, -0.05) is 13.8 Å². The van der Waals surface area contributed by atoms with Gasteiger partial charge in [0, 0.05) is 17.8 Å². The van der Waals surface area contributed by atoms with Gasteiger partial charge in [0.25, 0.3) is 0 Å². The predicted molar refractivity (Wildman–Crippen MR) is 55.6 cm³/mol. The molecule has 2 fully saturated rings. The van der Waals surface area contributed by atoms with Crippen molar-refractivity contribution in [3.63, 3.8) is 0 Å². The third-order valence-electron chi connectivity index (χ3n) is 3.30. The lowest BCUT2D eigenvalue weighted by Crippen LogP contribution is -2.56. The van der Waals surface area contributed by atoms with E-state index in [0.717, 1.165) is 11.8 Å². The average molecular weight is 185 g/mol. The fraction of sp³-hybridized carbons (Fsp3) is 1.00. The first-order valence-electron chi connectivity index (χ1n) is 4.94. The number of hydrogen-bond donors (Lipinski definition) is 0. The summed E-state index contributed by atoms with van der Waals surface area (Å²) in [5, 5.41) is 0. The molecular weight excluding hydrogens is 166 g/mol. The minimum absolute atomic E-state index is 0.684. The van der Waals surface area contributed by atoms with Crippen LogP contribution in [-0.2, 0) is 0 Å². The molecular formula is C10H19NS. The van der Waals surface area contributed by atoms with Gasteiger partial charge in [-0.15, -0.1) is 0 Å². The van der Waals surface area contributed by atoms with Gasteiger partial charge in [-0.25, -0.2) is 0 Å². The summed E-state index contributed by atoms with van der Waals surface area (Å²) in [5.74, 6) is 3.29. The van der Waals surface area contributed by atoms with Crippen molar-refractivity contribution >= 4 is 11.8 Å². The standard InChI is InChI=1S/C10H19NS/c1-8(2)9-4-10(12-5-9)6-11(3)7-10/h8-9H,4-7H2,1-3H3. The van der Waals surface area contributed by atoms with Crippen molar-refractivity contribution in [3.05, 3.63) is 0 Å². The summed E-state index contributed by atoms with van der Waals surface area (Å²) in [6.07, 6.45) is 1.47. The van der Waals surface area contributed by atoms with E-state index in [1.54, 1.807) is 0 Å². The van der Waals surface area contributed by atoms with E-state index < -0.39 is 0 Å². The Morgan fingerprint density at radius 2 is 2.08 bits per heavy atom. The molecule has 2 heteroatoms. The summed E-state index contributed by atoms with van der Waals surface area (Å²) in [6, 6.07) is 0. The van der Waals surface area contributed by atoms with Crippen LogP contribution in [0.5, 0.6) is 0 Å². The molecule has 2 rings (SSSR count). The van der Waals surface area contributed by atoms with Crippen molar-refractivity contribution < 1.29 is 0 Å². The van der Waals surface area contributed by atoms with Gasteiger partial charge in [0.1, 0.15) is 0 Å². The Hall–Kier alpha value is 0.310. The monoisotopic (exact) mass is 185 g/mol. The molecule has 2 heterocycles. The number of hydrogen-bond acceptors (Lipinski definition) is 2. The van der Waals surface area contributed by atoms with E-state index in [1.807, 2.05) is 0 Å². The molecule has 2 aliphatic heterocycles. The average Bonchev–Trinajstić information content (AvgIpc) is 2.31. The molecule has 2 aliphatic rings. The highest BCUT2D eigenvalue weighted by atomic mass is 32.2.